The van der Waals surface area contributed by atoms with Crippen LogP contribution in [0.2, 0.25) is 0 Å². The largest absolute Gasteiger partial charge is 0.468 e. The van der Waals surface area contributed by atoms with E-state index in [1.807, 2.05) is 0 Å². The van der Waals surface area contributed by atoms with E-state index in [2.05, 4.69) is 0 Å². The van der Waals surface area contributed by atoms with Crippen molar-refractivity contribution in [1.82, 2.24) is 4.90 Å². The van der Waals surface area contributed by atoms with Crippen LogP contribution in [0.15, 0.2) is 18.2 Å². The molecule has 0 unspecified atom stereocenters. The number of likely N-dealkylation sites (tertiary alicyclic amines) is 1. The Morgan fingerprint density at radius 3 is 2.50 bits per heavy atom. The summed E-state index contributed by atoms with van der Waals surface area (Å²) in [6, 6.07) is 2.89. The van der Waals surface area contributed by atoms with Gasteiger partial charge < -0.3 is 15.2 Å². The Kier molecular flexibility index (Phi) is 4.87. The third-order valence-electron chi connectivity index (χ3n) is 3.43. The summed E-state index contributed by atoms with van der Waals surface area (Å²) in [7, 11) is 0. The lowest BCUT2D eigenvalue weighted by molar-refractivity contribution is -0.137. The molecule has 8 heteroatoms. The lowest BCUT2D eigenvalue weighted by Gasteiger charge is -2.29. The SMILES string of the molecule is CC(C)(C)OC(=O)N1CCC[C@@H]1Oc1ccc(C(F)(F)F)cc1N. The van der Waals surface area contributed by atoms with Crippen molar-refractivity contribution in [2.75, 3.05) is 12.3 Å². The Morgan fingerprint density at radius 1 is 1.29 bits per heavy atom. The number of nitrogen functional groups attached to an aromatic ring is 1. The maximum Gasteiger partial charge on any atom is 0.416 e. The highest BCUT2D eigenvalue weighted by atomic mass is 19.4. The highest BCUT2D eigenvalue weighted by Crippen LogP contribution is 2.35. The summed E-state index contributed by atoms with van der Waals surface area (Å²) in [4.78, 5) is 13.6. The molecule has 5 nitrogen and oxygen atoms in total. The third kappa shape index (κ3) is 4.46. The van der Waals surface area contributed by atoms with E-state index >= 15 is 0 Å². The van der Waals surface area contributed by atoms with Crippen LogP contribution in [-0.2, 0) is 10.9 Å². The molecule has 0 aliphatic carbocycles. The number of hydrogen-bond acceptors (Lipinski definition) is 4. The fraction of sp³-hybridized carbons (Fsp3) is 0.562. The Hall–Kier alpha value is -2.12. The Labute approximate surface area is 138 Å². The molecule has 1 aromatic rings. The first-order chi connectivity index (χ1) is 11.0. The van der Waals surface area contributed by atoms with Crippen LogP contribution >= 0.6 is 0 Å². The first kappa shape index (κ1) is 18.2. The van der Waals surface area contributed by atoms with E-state index in [1.54, 1.807) is 20.8 Å². The molecule has 2 rings (SSSR count). The molecule has 134 valence electrons. The number of amides is 1. The van der Waals surface area contributed by atoms with Crippen LogP contribution in [0.3, 0.4) is 0 Å². The van der Waals surface area contributed by atoms with Gasteiger partial charge in [0.05, 0.1) is 11.3 Å². The van der Waals surface area contributed by atoms with Gasteiger partial charge in [0.2, 0.25) is 0 Å². The minimum absolute atomic E-state index is 0.114. The van der Waals surface area contributed by atoms with Crippen LogP contribution in [0.5, 0.6) is 5.75 Å². The highest BCUT2D eigenvalue weighted by Gasteiger charge is 2.35. The zero-order valence-electron chi connectivity index (χ0n) is 13.8. The second-order valence-electron chi connectivity index (χ2n) is 6.64. The van der Waals surface area contributed by atoms with Crippen LogP contribution in [0.4, 0.5) is 23.7 Å². The van der Waals surface area contributed by atoms with Crippen molar-refractivity contribution >= 4 is 11.8 Å². The molecule has 1 fully saturated rings. The van der Waals surface area contributed by atoms with Gasteiger partial charge in [0.1, 0.15) is 11.4 Å². The number of hydrogen-bond donors (Lipinski definition) is 1. The standard InChI is InChI=1S/C16H21F3N2O3/c1-15(2,3)24-14(22)21-8-4-5-13(21)23-12-7-6-10(9-11(12)20)16(17,18)19/h6-7,9,13H,4-5,8,20H2,1-3H3/t13-/m0/s1. The molecule has 1 aliphatic heterocycles. The van der Waals surface area contributed by atoms with Crippen molar-refractivity contribution in [3.63, 3.8) is 0 Å². The molecular weight excluding hydrogens is 325 g/mol. The molecule has 1 amide bonds. The Balaban J connectivity index is 2.11. The van der Waals surface area contributed by atoms with Crippen LogP contribution in [0, 0.1) is 0 Å². The molecule has 0 radical (unpaired) electrons. The van der Waals surface area contributed by atoms with Gasteiger partial charge in [-0.2, -0.15) is 13.2 Å². The van der Waals surface area contributed by atoms with Crippen LogP contribution in [0.25, 0.3) is 0 Å². The van der Waals surface area contributed by atoms with Gasteiger partial charge in [-0.1, -0.05) is 0 Å². The highest BCUT2D eigenvalue weighted by molar-refractivity contribution is 5.69. The average Bonchev–Trinajstić information content (AvgIpc) is 2.86. The normalized spacial score (nSPS) is 18.6. The van der Waals surface area contributed by atoms with E-state index < -0.39 is 29.7 Å². The number of nitrogens with two attached hydrogens (primary N) is 1. The van der Waals surface area contributed by atoms with E-state index in [-0.39, 0.29) is 11.4 Å². The Morgan fingerprint density at radius 2 is 1.96 bits per heavy atom. The maximum atomic E-state index is 12.7. The number of ether oxygens (including phenoxy) is 2. The smallest absolute Gasteiger partial charge is 0.416 e. The predicted octanol–water partition coefficient (Wildman–Crippen LogP) is 4.02. The quantitative estimate of drug-likeness (QED) is 0.822. The molecule has 24 heavy (non-hydrogen) atoms. The number of halogens is 3. The molecule has 1 atom stereocenters. The molecule has 1 heterocycles. The van der Waals surface area contributed by atoms with E-state index in [0.717, 1.165) is 12.1 Å². The van der Waals surface area contributed by atoms with Gasteiger partial charge in [0.15, 0.2) is 6.23 Å². The number of carbonyl (C=O) groups excluding carboxylic acids is 1. The zero-order valence-corrected chi connectivity index (χ0v) is 13.8. The monoisotopic (exact) mass is 346 g/mol. The van der Waals surface area contributed by atoms with Crippen LogP contribution < -0.4 is 10.5 Å². The molecule has 0 aromatic heterocycles. The molecular formula is C16H21F3N2O3. The minimum atomic E-state index is -4.47. The summed E-state index contributed by atoms with van der Waals surface area (Å²) in [6.45, 7) is 5.72. The third-order valence-corrected chi connectivity index (χ3v) is 3.43. The maximum absolute atomic E-state index is 12.7. The van der Waals surface area contributed by atoms with Gasteiger partial charge in [-0.25, -0.2) is 4.79 Å². The van der Waals surface area contributed by atoms with E-state index in [9.17, 15) is 18.0 Å². The zero-order chi connectivity index (χ0) is 18.1. The van der Waals surface area contributed by atoms with E-state index in [0.29, 0.717) is 19.4 Å². The van der Waals surface area contributed by atoms with Gasteiger partial charge in [0, 0.05) is 13.0 Å². The fourth-order valence-electron chi connectivity index (χ4n) is 2.37. The van der Waals surface area contributed by atoms with Gasteiger partial charge in [-0.05, 0) is 45.4 Å². The number of nitrogens with zero attached hydrogens (tertiary/aromatic N) is 1. The summed E-state index contributed by atoms with van der Waals surface area (Å²) in [5.41, 5.74) is 4.05. The molecule has 0 saturated carbocycles. The summed E-state index contributed by atoms with van der Waals surface area (Å²) in [5, 5.41) is 0. The number of alkyl halides is 3. The summed E-state index contributed by atoms with van der Waals surface area (Å²) in [5.74, 6) is 0.114. The van der Waals surface area contributed by atoms with Gasteiger partial charge in [-0.15, -0.1) is 0 Å². The summed E-state index contributed by atoms with van der Waals surface area (Å²) in [6.07, 6.45) is -4.33. The first-order valence-electron chi connectivity index (χ1n) is 7.60. The van der Waals surface area contributed by atoms with Crippen LogP contribution in [-0.4, -0.2) is 29.4 Å². The van der Waals surface area contributed by atoms with Crippen molar-refractivity contribution in [3.05, 3.63) is 23.8 Å². The summed E-state index contributed by atoms with van der Waals surface area (Å²) >= 11 is 0. The number of benzene rings is 1. The van der Waals surface area contributed by atoms with E-state index in [4.69, 9.17) is 15.2 Å². The topological polar surface area (TPSA) is 64.8 Å². The van der Waals surface area contributed by atoms with Crippen molar-refractivity contribution in [2.45, 2.75) is 51.6 Å². The van der Waals surface area contributed by atoms with Gasteiger partial charge >= 0.3 is 12.3 Å². The second-order valence-corrected chi connectivity index (χ2v) is 6.64. The van der Waals surface area contributed by atoms with Crippen molar-refractivity contribution in [3.8, 4) is 5.75 Å². The lowest BCUT2D eigenvalue weighted by Crippen LogP contribution is -2.42. The van der Waals surface area contributed by atoms with Crippen molar-refractivity contribution in [2.24, 2.45) is 0 Å². The molecule has 0 spiro atoms. The van der Waals surface area contributed by atoms with Crippen molar-refractivity contribution in [1.29, 1.82) is 0 Å². The average molecular weight is 346 g/mol. The van der Waals surface area contributed by atoms with Crippen molar-refractivity contribution < 1.29 is 27.4 Å². The molecule has 2 N–H and O–H groups in total. The lowest BCUT2D eigenvalue weighted by atomic mass is 10.2. The summed E-state index contributed by atoms with van der Waals surface area (Å²) < 4.78 is 49.0. The van der Waals surface area contributed by atoms with E-state index in [1.165, 1.54) is 11.0 Å². The predicted molar refractivity (Wildman–Crippen MR) is 82.4 cm³/mol. The molecule has 1 aromatic carbocycles. The van der Waals surface area contributed by atoms with Crippen LogP contribution in [0.1, 0.15) is 39.2 Å². The van der Waals surface area contributed by atoms with Gasteiger partial charge in [0.25, 0.3) is 0 Å². The number of anilines is 1. The fourth-order valence-corrected chi connectivity index (χ4v) is 2.37. The minimum Gasteiger partial charge on any atom is -0.468 e. The van der Waals surface area contributed by atoms with Gasteiger partial charge in [-0.3, -0.25) is 4.90 Å². The molecule has 1 aliphatic rings. The molecule has 1 saturated heterocycles. The number of carbonyl (C=O) groups is 1. The second kappa shape index (κ2) is 6.41. The first-order valence-corrected chi connectivity index (χ1v) is 7.60. The molecule has 0 bridgehead atoms. The number of rotatable bonds is 2. The Bertz CT molecular complexity index is 612.